The standard InChI is InChI=1S/C7H15S/c1-6(2,3)7(4,5)8/h1-5H3. The summed E-state index contributed by atoms with van der Waals surface area (Å²) in [5, 5.41) is 0. The average Bonchev–Trinajstić information content (AvgIpc) is 1.25. The molecule has 0 nitrogen and oxygen atoms in total. The van der Waals surface area contributed by atoms with Gasteiger partial charge in [-0.1, -0.05) is 33.4 Å². The smallest absolute Gasteiger partial charge is 0.0255 e. The van der Waals surface area contributed by atoms with Gasteiger partial charge in [-0.15, -0.1) is 0 Å². The van der Waals surface area contributed by atoms with E-state index in [1.54, 1.807) is 0 Å². The average molecular weight is 131 g/mol. The maximum atomic E-state index is 5.22. The highest BCUT2D eigenvalue weighted by molar-refractivity contribution is 7.81. The molecule has 0 rings (SSSR count). The van der Waals surface area contributed by atoms with Crippen molar-refractivity contribution in [3.05, 3.63) is 0 Å². The fraction of sp³-hybridized carbons (Fsp3) is 1.00. The molecule has 0 aliphatic carbocycles. The second-order valence-electron chi connectivity index (χ2n) is 3.76. The Balaban J connectivity index is 4.02. The molecule has 1 heteroatoms. The number of hydrogen-bond acceptors (Lipinski definition) is 0. The summed E-state index contributed by atoms with van der Waals surface area (Å²) in [7, 11) is 0. The highest BCUT2D eigenvalue weighted by Gasteiger charge is 2.29. The number of hydrogen-bond donors (Lipinski definition) is 0. The van der Waals surface area contributed by atoms with Crippen LogP contribution in [0.5, 0.6) is 0 Å². The molecule has 0 saturated carbocycles. The van der Waals surface area contributed by atoms with Gasteiger partial charge in [0.05, 0.1) is 0 Å². The molecule has 0 amide bonds. The first-order valence-electron chi connectivity index (χ1n) is 2.95. The molecule has 0 saturated heterocycles. The van der Waals surface area contributed by atoms with E-state index in [0.29, 0.717) is 0 Å². The molecule has 8 heavy (non-hydrogen) atoms. The van der Waals surface area contributed by atoms with Gasteiger partial charge >= 0.3 is 0 Å². The summed E-state index contributed by atoms with van der Waals surface area (Å²) >= 11 is 5.22. The molecule has 0 aliphatic heterocycles. The van der Waals surface area contributed by atoms with Crippen molar-refractivity contribution in [3.8, 4) is 0 Å². The fourth-order valence-corrected chi connectivity index (χ4v) is 0. The predicted octanol–water partition coefficient (Wildman–Crippen LogP) is 3.01. The zero-order valence-electron chi connectivity index (χ0n) is 6.41. The normalized spacial score (nSPS) is 14.2. The van der Waals surface area contributed by atoms with E-state index in [1.165, 1.54) is 0 Å². The summed E-state index contributed by atoms with van der Waals surface area (Å²) in [6.45, 7) is 10.7. The van der Waals surface area contributed by atoms with Gasteiger partial charge in [-0.2, -0.15) is 0 Å². The van der Waals surface area contributed by atoms with Crippen molar-refractivity contribution in [3.63, 3.8) is 0 Å². The van der Waals surface area contributed by atoms with Crippen LogP contribution in [0.2, 0.25) is 0 Å². The molecule has 0 N–H and O–H groups in total. The minimum absolute atomic E-state index is 0.0208. The Morgan fingerprint density at radius 2 is 1.00 bits per heavy atom. The van der Waals surface area contributed by atoms with Crippen LogP contribution in [0.3, 0.4) is 0 Å². The first kappa shape index (κ1) is 8.35. The third kappa shape index (κ3) is 2.08. The van der Waals surface area contributed by atoms with Crippen molar-refractivity contribution in [1.29, 1.82) is 0 Å². The highest BCUT2D eigenvalue weighted by Crippen LogP contribution is 2.34. The lowest BCUT2D eigenvalue weighted by Gasteiger charge is -2.32. The second kappa shape index (κ2) is 1.94. The monoisotopic (exact) mass is 131 g/mol. The van der Waals surface area contributed by atoms with Crippen molar-refractivity contribution in [2.24, 2.45) is 5.41 Å². The SMILES string of the molecule is CC(C)(C)C(C)(C)[S]. The van der Waals surface area contributed by atoms with Gasteiger partial charge in [0.25, 0.3) is 0 Å². The molecule has 0 aromatic carbocycles. The molecule has 0 atom stereocenters. The summed E-state index contributed by atoms with van der Waals surface area (Å²) in [6.07, 6.45) is 0. The first-order chi connectivity index (χ1) is 3.25. The molecular formula is C7H15S. The molecule has 0 aromatic heterocycles. The minimum Gasteiger partial charge on any atom is -0.0868 e. The zero-order chi connectivity index (χ0) is 7.00. The van der Waals surface area contributed by atoms with Crippen molar-refractivity contribution < 1.29 is 0 Å². The van der Waals surface area contributed by atoms with Gasteiger partial charge in [0.2, 0.25) is 0 Å². The molecule has 0 aliphatic rings. The minimum atomic E-state index is 0.0208. The van der Waals surface area contributed by atoms with Crippen LogP contribution in [0.4, 0.5) is 0 Å². The molecular weight excluding hydrogens is 116 g/mol. The van der Waals surface area contributed by atoms with Gasteiger partial charge in [0.15, 0.2) is 0 Å². The topological polar surface area (TPSA) is 0 Å². The van der Waals surface area contributed by atoms with Crippen molar-refractivity contribution in [1.82, 2.24) is 0 Å². The Morgan fingerprint density at radius 1 is 0.875 bits per heavy atom. The van der Waals surface area contributed by atoms with E-state index < -0.39 is 0 Å². The van der Waals surface area contributed by atoms with E-state index >= 15 is 0 Å². The summed E-state index contributed by atoms with van der Waals surface area (Å²) in [6, 6.07) is 0. The van der Waals surface area contributed by atoms with Crippen LogP contribution in [0.1, 0.15) is 34.6 Å². The van der Waals surface area contributed by atoms with E-state index in [1.807, 2.05) is 0 Å². The summed E-state index contributed by atoms with van der Waals surface area (Å²) in [5.41, 5.74) is 0.252. The van der Waals surface area contributed by atoms with Gasteiger partial charge in [0.1, 0.15) is 0 Å². The van der Waals surface area contributed by atoms with E-state index in [0.717, 1.165) is 0 Å². The van der Waals surface area contributed by atoms with Crippen molar-refractivity contribution in [2.75, 3.05) is 0 Å². The van der Waals surface area contributed by atoms with Gasteiger partial charge in [-0.05, 0) is 19.3 Å². The van der Waals surface area contributed by atoms with Crippen LogP contribution in [0.15, 0.2) is 0 Å². The molecule has 1 radical (unpaired) electrons. The number of rotatable bonds is 0. The molecule has 0 fully saturated rings. The lowest BCUT2D eigenvalue weighted by Crippen LogP contribution is -2.30. The molecule has 49 valence electrons. The van der Waals surface area contributed by atoms with Gasteiger partial charge in [0, 0.05) is 4.75 Å². The van der Waals surface area contributed by atoms with Crippen LogP contribution in [-0.2, 0) is 0 Å². The highest BCUT2D eigenvalue weighted by atomic mass is 32.1. The molecule has 0 heterocycles. The Hall–Kier alpha value is 0.350. The van der Waals surface area contributed by atoms with Crippen LogP contribution in [0.25, 0.3) is 0 Å². The van der Waals surface area contributed by atoms with Crippen LogP contribution in [-0.4, -0.2) is 4.75 Å². The van der Waals surface area contributed by atoms with Crippen LogP contribution < -0.4 is 0 Å². The van der Waals surface area contributed by atoms with Gasteiger partial charge < -0.3 is 0 Å². The fourth-order valence-electron chi connectivity index (χ4n) is 0. The summed E-state index contributed by atoms with van der Waals surface area (Å²) in [5.74, 6) is 0. The zero-order valence-corrected chi connectivity index (χ0v) is 7.22. The Kier molecular flexibility index (Phi) is 2.03. The third-order valence-electron chi connectivity index (χ3n) is 1.81. The summed E-state index contributed by atoms with van der Waals surface area (Å²) < 4.78 is 0.0208. The maximum Gasteiger partial charge on any atom is 0.0255 e. The van der Waals surface area contributed by atoms with Gasteiger partial charge in [-0.25, -0.2) is 0 Å². The Labute approximate surface area is 58.1 Å². The van der Waals surface area contributed by atoms with E-state index in [2.05, 4.69) is 34.6 Å². The molecule has 0 spiro atoms. The van der Waals surface area contributed by atoms with E-state index in [4.69, 9.17) is 12.6 Å². The largest absolute Gasteiger partial charge is 0.0868 e. The lowest BCUT2D eigenvalue weighted by atomic mass is 9.83. The molecule has 0 bridgehead atoms. The third-order valence-corrected chi connectivity index (χ3v) is 2.42. The predicted molar refractivity (Wildman–Crippen MR) is 41.1 cm³/mol. The Morgan fingerprint density at radius 3 is 1.00 bits per heavy atom. The Bertz CT molecular complexity index is 59.4. The molecule has 0 unspecified atom stereocenters. The van der Waals surface area contributed by atoms with Crippen LogP contribution in [0, 0.1) is 5.41 Å². The van der Waals surface area contributed by atoms with Gasteiger partial charge in [-0.3, -0.25) is 0 Å². The molecule has 0 aromatic rings. The van der Waals surface area contributed by atoms with E-state index in [9.17, 15) is 0 Å². The quantitative estimate of drug-likeness (QED) is 0.474. The van der Waals surface area contributed by atoms with Crippen molar-refractivity contribution >= 4 is 12.6 Å². The van der Waals surface area contributed by atoms with Crippen molar-refractivity contribution in [2.45, 2.75) is 39.4 Å². The first-order valence-corrected chi connectivity index (χ1v) is 3.36. The van der Waals surface area contributed by atoms with Crippen LogP contribution >= 0.6 is 12.6 Å². The second-order valence-corrected chi connectivity index (χ2v) is 4.78. The summed E-state index contributed by atoms with van der Waals surface area (Å²) in [4.78, 5) is 0. The lowest BCUT2D eigenvalue weighted by molar-refractivity contribution is 0.322. The maximum absolute atomic E-state index is 5.22. The van der Waals surface area contributed by atoms with E-state index in [-0.39, 0.29) is 10.2 Å².